The molecule has 1 saturated heterocycles. The molecule has 0 bridgehead atoms. The van der Waals surface area contributed by atoms with Crippen LogP contribution in [0.5, 0.6) is 0 Å². The Morgan fingerprint density at radius 2 is 1.80 bits per heavy atom. The van der Waals surface area contributed by atoms with Gasteiger partial charge in [-0.25, -0.2) is 8.42 Å². The van der Waals surface area contributed by atoms with E-state index in [0.717, 1.165) is 6.42 Å². The van der Waals surface area contributed by atoms with Crippen molar-refractivity contribution in [3.8, 4) is 0 Å². The van der Waals surface area contributed by atoms with E-state index in [1.54, 1.807) is 0 Å². The van der Waals surface area contributed by atoms with Gasteiger partial charge in [-0.3, -0.25) is 4.90 Å². The van der Waals surface area contributed by atoms with Gasteiger partial charge < -0.3 is 5.11 Å². The number of nitrogens with zero attached hydrogens (tertiary/aromatic N) is 1. The number of aliphatic hydroxyl groups is 1. The lowest BCUT2D eigenvalue weighted by molar-refractivity contribution is 0.131. The maximum Gasteiger partial charge on any atom is 0.152 e. The van der Waals surface area contributed by atoms with Gasteiger partial charge in [0, 0.05) is 25.7 Å². The minimum absolute atomic E-state index is 0.173. The van der Waals surface area contributed by atoms with Gasteiger partial charge in [0.2, 0.25) is 0 Å². The third-order valence-corrected chi connectivity index (χ3v) is 4.65. The summed E-state index contributed by atoms with van der Waals surface area (Å²) in [5, 5.41) is 8.97. The topological polar surface area (TPSA) is 57.6 Å². The number of aliphatic hydroxyl groups excluding tert-OH is 1. The first-order valence-corrected chi connectivity index (χ1v) is 7.34. The highest BCUT2D eigenvalue weighted by Crippen LogP contribution is 2.17. The smallest absolute Gasteiger partial charge is 0.152 e. The van der Waals surface area contributed by atoms with Crippen LogP contribution >= 0.6 is 0 Å². The summed E-state index contributed by atoms with van der Waals surface area (Å²) in [6.45, 7) is 5.63. The van der Waals surface area contributed by atoms with Crippen molar-refractivity contribution in [3.05, 3.63) is 0 Å². The van der Waals surface area contributed by atoms with Gasteiger partial charge in [0.05, 0.1) is 11.5 Å². The molecule has 0 aromatic heterocycles. The van der Waals surface area contributed by atoms with Crippen molar-refractivity contribution < 1.29 is 13.5 Å². The summed E-state index contributed by atoms with van der Waals surface area (Å²) in [6.07, 6.45) is 0.734. The molecule has 1 fully saturated rings. The van der Waals surface area contributed by atoms with Crippen molar-refractivity contribution in [1.82, 2.24) is 4.90 Å². The van der Waals surface area contributed by atoms with E-state index in [1.165, 1.54) is 0 Å². The van der Waals surface area contributed by atoms with Crippen LogP contribution in [0.4, 0.5) is 0 Å². The van der Waals surface area contributed by atoms with E-state index in [4.69, 9.17) is 5.11 Å². The SMILES string of the molecule is CC(C)C(CCO)N1CCS(=O)(=O)CC1. The number of rotatable bonds is 4. The highest BCUT2D eigenvalue weighted by atomic mass is 32.2. The zero-order valence-corrected chi connectivity index (χ0v) is 10.3. The van der Waals surface area contributed by atoms with Crippen molar-refractivity contribution in [3.63, 3.8) is 0 Å². The summed E-state index contributed by atoms with van der Waals surface area (Å²) in [7, 11) is -2.79. The first-order valence-electron chi connectivity index (χ1n) is 5.51. The van der Waals surface area contributed by atoms with Crippen LogP contribution in [0.25, 0.3) is 0 Å². The Morgan fingerprint density at radius 1 is 1.27 bits per heavy atom. The molecule has 0 aromatic carbocycles. The zero-order valence-electron chi connectivity index (χ0n) is 9.52. The Hall–Kier alpha value is -0.130. The van der Waals surface area contributed by atoms with Crippen molar-refractivity contribution in [2.24, 2.45) is 5.92 Å². The van der Waals surface area contributed by atoms with E-state index in [-0.39, 0.29) is 18.1 Å². The van der Waals surface area contributed by atoms with Gasteiger partial charge in [0.1, 0.15) is 0 Å². The molecule has 0 radical (unpaired) electrons. The Morgan fingerprint density at radius 3 is 2.20 bits per heavy atom. The van der Waals surface area contributed by atoms with Crippen molar-refractivity contribution in [2.75, 3.05) is 31.2 Å². The van der Waals surface area contributed by atoms with Crippen LogP contribution in [0, 0.1) is 5.92 Å². The van der Waals surface area contributed by atoms with Crippen LogP contribution in [0.1, 0.15) is 20.3 Å². The first-order chi connectivity index (χ1) is 6.96. The normalized spacial score (nSPS) is 24.3. The Labute approximate surface area is 92.2 Å². The molecule has 1 N–H and O–H groups in total. The average molecular weight is 235 g/mol. The van der Waals surface area contributed by atoms with Crippen LogP contribution in [0.3, 0.4) is 0 Å². The van der Waals surface area contributed by atoms with Gasteiger partial charge in [-0.05, 0) is 12.3 Å². The Bertz CT molecular complexity index is 273. The van der Waals surface area contributed by atoms with Crippen LogP contribution in [0.2, 0.25) is 0 Å². The maximum atomic E-state index is 11.3. The van der Waals surface area contributed by atoms with Crippen LogP contribution < -0.4 is 0 Å². The minimum Gasteiger partial charge on any atom is -0.396 e. The standard InChI is InChI=1S/C10H21NO3S/c1-9(2)10(3-6-12)11-4-7-15(13,14)8-5-11/h9-10,12H,3-8H2,1-2H3. The van der Waals surface area contributed by atoms with Crippen molar-refractivity contribution >= 4 is 9.84 Å². The molecule has 4 nitrogen and oxygen atoms in total. The highest BCUT2D eigenvalue weighted by molar-refractivity contribution is 7.91. The summed E-state index contributed by atoms with van der Waals surface area (Å²) in [6, 6.07) is 0.311. The molecule has 1 unspecified atom stereocenters. The molecule has 1 heterocycles. The molecular formula is C10H21NO3S. The predicted octanol–water partition coefficient (Wildman–Crippen LogP) is 0.124. The van der Waals surface area contributed by atoms with E-state index in [1.807, 2.05) is 0 Å². The fourth-order valence-corrected chi connectivity index (χ4v) is 3.36. The second-order valence-electron chi connectivity index (χ2n) is 4.51. The first kappa shape index (κ1) is 12.9. The second-order valence-corrected chi connectivity index (χ2v) is 6.82. The molecule has 1 rings (SSSR count). The molecule has 1 aliphatic heterocycles. The van der Waals surface area contributed by atoms with Crippen molar-refractivity contribution in [2.45, 2.75) is 26.3 Å². The average Bonchev–Trinajstić information content (AvgIpc) is 2.14. The summed E-state index contributed by atoms with van der Waals surface area (Å²) in [4.78, 5) is 2.20. The molecule has 90 valence electrons. The van der Waals surface area contributed by atoms with Gasteiger partial charge in [0.25, 0.3) is 0 Å². The van der Waals surface area contributed by atoms with Gasteiger partial charge in [-0.2, -0.15) is 0 Å². The second kappa shape index (κ2) is 5.27. The molecule has 1 aliphatic rings. The molecule has 15 heavy (non-hydrogen) atoms. The lowest BCUT2D eigenvalue weighted by Crippen LogP contribution is -2.48. The lowest BCUT2D eigenvalue weighted by atomic mass is 9.99. The third kappa shape index (κ3) is 3.74. The molecular weight excluding hydrogens is 214 g/mol. The van der Waals surface area contributed by atoms with Crippen LogP contribution in [-0.2, 0) is 9.84 Å². The van der Waals surface area contributed by atoms with Crippen molar-refractivity contribution in [1.29, 1.82) is 0 Å². The van der Waals surface area contributed by atoms with E-state index in [0.29, 0.717) is 25.0 Å². The summed E-state index contributed by atoms with van der Waals surface area (Å²) >= 11 is 0. The van der Waals surface area contributed by atoms with Gasteiger partial charge >= 0.3 is 0 Å². The Kier molecular flexibility index (Phi) is 4.55. The van der Waals surface area contributed by atoms with Gasteiger partial charge in [-0.1, -0.05) is 13.8 Å². The lowest BCUT2D eigenvalue weighted by Gasteiger charge is -2.36. The quantitative estimate of drug-likeness (QED) is 0.752. The molecule has 0 aliphatic carbocycles. The summed E-state index contributed by atoms with van der Waals surface area (Å²) in [5.74, 6) is 0.987. The molecule has 0 aromatic rings. The summed E-state index contributed by atoms with van der Waals surface area (Å²) in [5.41, 5.74) is 0. The van der Waals surface area contributed by atoms with Gasteiger partial charge in [0.15, 0.2) is 9.84 Å². The number of hydrogen-bond donors (Lipinski definition) is 1. The molecule has 1 atom stereocenters. The molecule has 0 spiro atoms. The zero-order chi connectivity index (χ0) is 11.5. The minimum atomic E-state index is -2.79. The van der Waals surface area contributed by atoms with E-state index >= 15 is 0 Å². The number of sulfone groups is 1. The Balaban J connectivity index is 2.56. The molecule has 0 saturated carbocycles. The third-order valence-electron chi connectivity index (χ3n) is 3.04. The molecule has 0 amide bonds. The van der Waals surface area contributed by atoms with E-state index in [9.17, 15) is 8.42 Å². The number of hydrogen-bond acceptors (Lipinski definition) is 4. The van der Waals surface area contributed by atoms with Crippen LogP contribution in [0.15, 0.2) is 0 Å². The van der Waals surface area contributed by atoms with E-state index < -0.39 is 9.84 Å². The fourth-order valence-electron chi connectivity index (χ4n) is 2.13. The largest absolute Gasteiger partial charge is 0.396 e. The fraction of sp³-hybridized carbons (Fsp3) is 1.00. The monoisotopic (exact) mass is 235 g/mol. The van der Waals surface area contributed by atoms with E-state index in [2.05, 4.69) is 18.7 Å². The summed E-state index contributed by atoms with van der Waals surface area (Å²) < 4.78 is 22.5. The van der Waals surface area contributed by atoms with Gasteiger partial charge in [-0.15, -0.1) is 0 Å². The highest BCUT2D eigenvalue weighted by Gasteiger charge is 2.28. The molecule has 5 heteroatoms. The maximum absolute atomic E-state index is 11.3. The van der Waals surface area contributed by atoms with Crippen LogP contribution in [-0.4, -0.2) is 55.7 Å². The predicted molar refractivity (Wildman–Crippen MR) is 60.6 cm³/mol.